The molecule has 22 heteroatoms. The standard InChI is InChI=1S/2C26H26FN3O3.C23H25FN4O3/c2*1-17(2)10-20(15-29)26(31)30-9-8-25(23(27)16-30)33-21-12-18(14-28)11-19(13-21)22-6-4-5-7-24(22)32-3;1-15(2)10-16(12-25)23(29)28-9-8-21(19(24)14-28)31-22-11-17(13-26-27-22)18-6-4-5-7-20(18)30-3/h2*4-7,10-13,17,23,25H,8-9,16H2,1-3H3;4-7,10-11,13,15,19,21H,8-9,14H2,1-3H3/b2*20-10+;16-10+/t2*23-,25+;19-,21+/m111/s1. The number of allylic oxidation sites excluding steroid dienone is 3. The average molecular weight is 1320 g/mol. The van der Waals surface area contributed by atoms with Crippen LogP contribution < -0.4 is 28.4 Å². The number of nitriles is 5. The maximum atomic E-state index is 15.0. The normalized spacial score (nSPS) is 18.6. The zero-order chi connectivity index (χ0) is 70.3. The van der Waals surface area contributed by atoms with Gasteiger partial charge >= 0.3 is 0 Å². The molecule has 0 saturated carbocycles. The Kier molecular flexibility index (Phi) is 26.7. The van der Waals surface area contributed by atoms with E-state index in [2.05, 4.69) is 22.3 Å². The van der Waals surface area contributed by atoms with E-state index in [0.29, 0.717) is 46.4 Å². The number of hydrogen-bond donors (Lipinski definition) is 0. The van der Waals surface area contributed by atoms with Gasteiger partial charge in [-0.3, -0.25) is 14.4 Å². The van der Waals surface area contributed by atoms with Gasteiger partial charge in [0.15, 0.2) is 18.5 Å². The molecule has 0 radical (unpaired) electrons. The number of hydrogen-bond acceptors (Lipinski definition) is 16. The van der Waals surface area contributed by atoms with Crippen LogP contribution in [0.25, 0.3) is 33.4 Å². The molecule has 1 aromatic heterocycles. The highest BCUT2D eigenvalue weighted by molar-refractivity contribution is 5.98. The van der Waals surface area contributed by atoms with Crippen LogP contribution in [0.15, 0.2) is 156 Å². The number of amides is 3. The molecule has 0 N–H and O–H groups in total. The molecule has 6 aromatic rings. The predicted molar refractivity (Wildman–Crippen MR) is 357 cm³/mol. The molecule has 6 atom stereocenters. The molecule has 97 heavy (non-hydrogen) atoms. The Balaban J connectivity index is 0.000000205. The van der Waals surface area contributed by atoms with Gasteiger partial charge in [0, 0.05) is 67.2 Å². The number of methoxy groups -OCH3 is 3. The highest BCUT2D eigenvalue weighted by Gasteiger charge is 2.37. The fraction of sp³-hybridized carbons (Fsp3) is 0.360. The van der Waals surface area contributed by atoms with Crippen LogP contribution in [0.5, 0.6) is 34.6 Å². The first-order valence-electron chi connectivity index (χ1n) is 31.6. The summed E-state index contributed by atoms with van der Waals surface area (Å²) in [6.45, 7) is 11.6. The lowest BCUT2D eigenvalue weighted by atomic mass is 10.0. The SMILES string of the molecule is COc1ccccc1-c1cc(C#N)cc(O[C@H]2CCN(C(=O)/C(C#N)=C/C(C)C)C[C@H]2F)c1.COc1ccccc1-c1cc(C#N)cc(O[C@H]2CCN(C(=O)/C(C#N)=C/C(C)C)C[C@H]2F)c1.COc1ccccc1-c1cnnc(O[C@H]2CCN(C(=O)/C(C#N)=C/C(C)C)C[C@H]2F)c1. The topological polar surface area (TPSA) is 261 Å². The summed E-state index contributed by atoms with van der Waals surface area (Å²) in [7, 11) is 4.73. The second kappa shape index (κ2) is 35.4. The number of aromatic nitrogens is 2. The monoisotopic (exact) mass is 1320 g/mol. The smallest absolute Gasteiger partial charge is 0.264 e. The molecular formula is C75H77F3N10O9. The summed E-state index contributed by atoms with van der Waals surface area (Å²) in [5.41, 5.74) is 5.45. The third kappa shape index (κ3) is 20.0. The first-order chi connectivity index (χ1) is 46.6. The summed E-state index contributed by atoms with van der Waals surface area (Å²) in [4.78, 5) is 41.8. The van der Waals surface area contributed by atoms with E-state index in [9.17, 15) is 53.9 Å². The number of halogens is 3. The van der Waals surface area contributed by atoms with Crippen molar-refractivity contribution in [2.75, 3.05) is 60.6 Å². The predicted octanol–water partition coefficient (Wildman–Crippen LogP) is 12.9. The summed E-state index contributed by atoms with van der Waals surface area (Å²) in [6, 6.07) is 44.1. The van der Waals surface area contributed by atoms with Crippen molar-refractivity contribution in [2.24, 2.45) is 17.8 Å². The Morgan fingerprint density at radius 2 is 0.804 bits per heavy atom. The fourth-order valence-electron chi connectivity index (χ4n) is 11.1. The molecule has 3 fully saturated rings. The number of carbonyl (C=O) groups excluding carboxylic acids is 3. The number of alkyl halides is 3. The van der Waals surface area contributed by atoms with Crippen molar-refractivity contribution in [2.45, 2.75) is 97.6 Å². The molecule has 3 amide bonds. The lowest BCUT2D eigenvalue weighted by Gasteiger charge is -2.34. The van der Waals surface area contributed by atoms with Gasteiger partial charge in [-0.25, -0.2) is 13.2 Å². The Morgan fingerprint density at radius 3 is 1.11 bits per heavy atom. The highest BCUT2D eigenvalue weighted by Crippen LogP contribution is 2.37. The minimum absolute atomic E-state index is 0.0275. The van der Waals surface area contributed by atoms with Crippen LogP contribution in [0.2, 0.25) is 0 Å². The van der Waals surface area contributed by atoms with E-state index in [1.807, 2.05) is 133 Å². The van der Waals surface area contributed by atoms with Gasteiger partial charge in [-0.15, -0.1) is 5.10 Å². The summed E-state index contributed by atoms with van der Waals surface area (Å²) in [5.74, 6) is 1.69. The van der Waals surface area contributed by atoms with Gasteiger partial charge in [0.05, 0.1) is 70.4 Å². The van der Waals surface area contributed by atoms with Gasteiger partial charge in [0.1, 0.15) is 82.0 Å². The van der Waals surface area contributed by atoms with E-state index in [0.717, 1.165) is 33.4 Å². The number of nitrogens with zero attached hydrogens (tertiary/aromatic N) is 10. The fourth-order valence-corrected chi connectivity index (χ4v) is 11.1. The van der Waals surface area contributed by atoms with Crippen LogP contribution in [0, 0.1) is 74.4 Å². The number of benzene rings is 5. The number of para-hydroxylation sites is 3. The van der Waals surface area contributed by atoms with Gasteiger partial charge in [0.25, 0.3) is 17.7 Å². The Bertz CT molecular complexity index is 3910. The molecule has 0 aliphatic carbocycles. The molecule has 0 unspecified atom stereocenters. The molecular weight excluding hydrogens is 1240 g/mol. The van der Waals surface area contributed by atoms with E-state index >= 15 is 0 Å². The van der Waals surface area contributed by atoms with E-state index in [1.54, 1.807) is 88.2 Å². The van der Waals surface area contributed by atoms with Crippen molar-refractivity contribution in [3.8, 4) is 98.4 Å². The molecule has 3 aliphatic heterocycles. The molecule has 4 heterocycles. The maximum absolute atomic E-state index is 15.0. The van der Waals surface area contributed by atoms with Gasteiger partial charge in [0.2, 0.25) is 5.88 Å². The third-order valence-electron chi connectivity index (χ3n) is 15.7. The van der Waals surface area contributed by atoms with E-state index in [4.69, 9.17) is 28.4 Å². The van der Waals surface area contributed by atoms with Crippen molar-refractivity contribution >= 4 is 17.7 Å². The van der Waals surface area contributed by atoms with Crippen molar-refractivity contribution in [1.82, 2.24) is 24.9 Å². The summed E-state index contributed by atoms with van der Waals surface area (Å²) < 4.78 is 78.7. The van der Waals surface area contributed by atoms with E-state index in [-0.39, 0.29) is 92.3 Å². The van der Waals surface area contributed by atoms with Crippen LogP contribution in [-0.2, 0) is 14.4 Å². The minimum atomic E-state index is -1.43. The first kappa shape index (κ1) is 73.3. The minimum Gasteiger partial charge on any atom is -0.496 e. The van der Waals surface area contributed by atoms with Gasteiger partial charge in [-0.2, -0.15) is 31.4 Å². The van der Waals surface area contributed by atoms with Gasteiger partial charge in [-0.1, -0.05) is 114 Å². The number of likely N-dealkylation sites (tertiary alicyclic amines) is 3. The molecule has 19 nitrogen and oxygen atoms in total. The molecule has 502 valence electrons. The lowest BCUT2D eigenvalue weighted by molar-refractivity contribution is -0.131. The molecule has 9 rings (SSSR count). The van der Waals surface area contributed by atoms with Crippen LogP contribution in [0.1, 0.15) is 71.9 Å². The first-order valence-corrected chi connectivity index (χ1v) is 31.6. The maximum Gasteiger partial charge on any atom is 0.264 e. The van der Waals surface area contributed by atoms with Crippen molar-refractivity contribution < 1.29 is 56.0 Å². The molecule has 0 spiro atoms. The molecule has 5 aromatic carbocycles. The Labute approximate surface area is 564 Å². The molecule has 3 saturated heterocycles. The second-order valence-electron chi connectivity index (χ2n) is 24.0. The Morgan fingerprint density at radius 1 is 0.474 bits per heavy atom. The van der Waals surface area contributed by atoms with Crippen LogP contribution in [-0.4, -0.2) is 140 Å². The van der Waals surface area contributed by atoms with Crippen molar-refractivity contribution in [1.29, 1.82) is 26.3 Å². The Hall–Kier alpha value is -11.2. The van der Waals surface area contributed by atoms with Crippen molar-refractivity contribution in [3.63, 3.8) is 0 Å². The number of ether oxygens (including phenoxy) is 6. The second-order valence-corrected chi connectivity index (χ2v) is 24.0. The zero-order valence-corrected chi connectivity index (χ0v) is 55.6. The molecule has 3 aliphatic rings. The van der Waals surface area contributed by atoms with Gasteiger partial charge in [-0.05, 0) is 83.5 Å². The summed E-state index contributed by atoms with van der Waals surface area (Å²) in [5, 5.41) is 54.7. The van der Waals surface area contributed by atoms with Crippen molar-refractivity contribution in [3.05, 3.63) is 168 Å². The lowest BCUT2D eigenvalue weighted by Crippen LogP contribution is -2.49. The summed E-state index contributed by atoms with van der Waals surface area (Å²) in [6.07, 6.45) is 0.622. The number of carbonyl (C=O) groups is 3. The number of piperidine rings is 3. The quantitative estimate of drug-likeness (QED) is 0.0572. The van der Waals surface area contributed by atoms with Crippen LogP contribution in [0.3, 0.4) is 0 Å². The summed E-state index contributed by atoms with van der Waals surface area (Å²) >= 11 is 0. The third-order valence-corrected chi connectivity index (χ3v) is 15.7. The van der Waals surface area contributed by atoms with E-state index in [1.165, 1.54) is 14.7 Å². The zero-order valence-electron chi connectivity index (χ0n) is 55.6. The highest BCUT2D eigenvalue weighted by atomic mass is 19.1. The van der Waals surface area contributed by atoms with Crippen LogP contribution in [0.4, 0.5) is 13.2 Å². The number of rotatable bonds is 18. The van der Waals surface area contributed by atoms with E-state index < -0.39 is 54.5 Å². The van der Waals surface area contributed by atoms with Crippen LogP contribution >= 0.6 is 0 Å². The molecule has 0 bridgehead atoms. The average Bonchev–Trinajstić information content (AvgIpc) is 0.899. The van der Waals surface area contributed by atoms with Gasteiger partial charge < -0.3 is 43.1 Å². The largest absolute Gasteiger partial charge is 0.496 e.